The lowest BCUT2D eigenvalue weighted by atomic mass is 10.0. The van der Waals surface area contributed by atoms with Gasteiger partial charge < -0.3 is 10.4 Å². The molecule has 2 N–H and O–H groups in total. The van der Waals surface area contributed by atoms with Crippen LogP contribution >= 0.6 is 0 Å². The van der Waals surface area contributed by atoms with E-state index in [0.29, 0.717) is 0 Å². The van der Waals surface area contributed by atoms with Crippen LogP contribution in [0, 0.1) is 19.7 Å². The minimum Gasteiger partial charge on any atom is -0.480 e. The first-order chi connectivity index (χ1) is 10.9. The number of carboxylic acids is 1. The Balaban J connectivity index is 2.16. The molecule has 0 aliphatic heterocycles. The molecule has 0 heterocycles. The summed E-state index contributed by atoms with van der Waals surface area (Å²) in [5, 5.41) is 11.7. The van der Waals surface area contributed by atoms with Crippen molar-refractivity contribution in [3.63, 3.8) is 0 Å². The highest BCUT2D eigenvalue weighted by atomic mass is 19.1. The Morgan fingerprint density at radius 2 is 1.83 bits per heavy atom. The number of nitrogens with one attached hydrogen (secondary N) is 1. The molecule has 0 aromatic heterocycles. The van der Waals surface area contributed by atoms with Gasteiger partial charge >= 0.3 is 5.97 Å². The smallest absolute Gasteiger partial charge is 0.326 e. The van der Waals surface area contributed by atoms with E-state index in [1.807, 2.05) is 32.0 Å². The molecule has 2 aromatic carbocycles. The van der Waals surface area contributed by atoms with E-state index in [1.54, 1.807) is 0 Å². The molecule has 0 saturated heterocycles. The molecule has 23 heavy (non-hydrogen) atoms. The maximum absolute atomic E-state index is 13.6. The molecular weight excluding hydrogens is 297 g/mol. The highest BCUT2D eigenvalue weighted by Crippen LogP contribution is 2.13. The molecule has 5 heteroatoms. The van der Waals surface area contributed by atoms with Crippen molar-refractivity contribution < 1.29 is 19.1 Å². The van der Waals surface area contributed by atoms with Crippen LogP contribution in [0.5, 0.6) is 0 Å². The molecule has 0 unspecified atom stereocenters. The highest BCUT2D eigenvalue weighted by Gasteiger charge is 2.22. The summed E-state index contributed by atoms with van der Waals surface area (Å²) in [4.78, 5) is 23.5. The third kappa shape index (κ3) is 4.16. The Morgan fingerprint density at radius 1 is 1.13 bits per heavy atom. The fraction of sp³-hybridized carbons (Fsp3) is 0.222. The van der Waals surface area contributed by atoms with Gasteiger partial charge in [-0.25, -0.2) is 9.18 Å². The molecule has 2 rings (SSSR count). The van der Waals surface area contributed by atoms with E-state index in [-0.39, 0.29) is 12.0 Å². The summed E-state index contributed by atoms with van der Waals surface area (Å²) in [6.07, 6.45) is 0.136. The molecule has 1 amide bonds. The summed E-state index contributed by atoms with van der Waals surface area (Å²) >= 11 is 0. The zero-order chi connectivity index (χ0) is 17.0. The third-order valence-corrected chi connectivity index (χ3v) is 3.73. The largest absolute Gasteiger partial charge is 0.480 e. The average molecular weight is 315 g/mol. The maximum Gasteiger partial charge on any atom is 0.326 e. The van der Waals surface area contributed by atoms with Gasteiger partial charge in [-0.3, -0.25) is 4.79 Å². The third-order valence-electron chi connectivity index (χ3n) is 3.73. The molecule has 0 radical (unpaired) electrons. The van der Waals surface area contributed by atoms with Crippen LogP contribution in [-0.4, -0.2) is 23.0 Å². The molecular formula is C18H18FNO3. The number of halogens is 1. The molecule has 0 aliphatic rings. The van der Waals surface area contributed by atoms with E-state index >= 15 is 0 Å². The SMILES string of the molecule is Cc1ccc(C[C@H](NC(=O)c2ccccc2F)C(=O)O)cc1C. The van der Waals surface area contributed by atoms with E-state index in [0.717, 1.165) is 22.8 Å². The number of benzene rings is 2. The molecule has 0 aliphatic carbocycles. The number of carbonyl (C=O) groups excluding carboxylic acids is 1. The Morgan fingerprint density at radius 3 is 2.43 bits per heavy atom. The lowest BCUT2D eigenvalue weighted by molar-refractivity contribution is -0.139. The first-order valence-electron chi connectivity index (χ1n) is 7.23. The van der Waals surface area contributed by atoms with Crippen molar-refractivity contribution in [2.45, 2.75) is 26.3 Å². The Kier molecular flexibility index (Phi) is 5.11. The molecule has 120 valence electrons. The van der Waals surface area contributed by atoms with Crippen LogP contribution in [0.15, 0.2) is 42.5 Å². The van der Waals surface area contributed by atoms with Gasteiger partial charge in [0.25, 0.3) is 5.91 Å². The summed E-state index contributed by atoms with van der Waals surface area (Å²) in [7, 11) is 0. The predicted molar refractivity (Wildman–Crippen MR) is 84.9 cm³/mol. The van der Waals surface area contributed by atoms with Crippen molar-refractivity contribution in [2.75, 3.05) is 0 Å². The van der Waals surface area contributed by atoms with Crippen molar-refractivity contribution in [3.8, 4) is 0 Å². The van der Waals surface area contributed by atoms with E-state index in [4.69, 9.17) is 0 Å². The average Bonchev–Trinajstić information content (AvgIpc) is 2.50. The van der Waals surface area contributed by atoms with Crippen molar-refractivity contribution >= 4 is 11.9 Å². The van der Waals surface area contributed by atoms with Crippen LogP contribution in [0.2, 0.25) is 0 Å². The van der Waals surface area contributed by atoms with Gasteiger partial charge in [0.2, 0.25) is 0 Å². The second kappa shape index (κ2) is 7.05. The Labute approximate surface area is 134 Å². The van der Waals surface area contributed by atoms with Crippen molar-refractivity contribution in [1.82, 2.24) is 5.32 Å². The summed E-state index contributed by atoms with van der Waals surface area (Å²) in [5.41, 5.74) is 2.79. The number of hydrogen-bond acceptors (Lipinski definition) is 2. The molecule has 1 atom stereocenters. The van der Waals surface area contributed by atoms with Gasteiger partial charge in [0, 0.05) is 6.42 Å². The topological polar surface area (TPSA) is 66.4 Å². The normalized spacial score (nSPS) is 11.8. The fourth-order valence-electron chi connectivity index (χ4n) is 2.25. The first kappa shape index (κ1) is 16.7. The number of carboxylic acid groups (broad SMARTS) is 1. The quantitative estimate of drug-likeness (QED) is 0.891. The second-order valence-corrected chi connectivity index (χ2v) is 5.47. The Bertz CT molecular complexity index is 743. The van der Waals surface area contributed by atoms with Crippen LogP contribution in [0.4, 0.5) is 4.39 Å². The van der Waals surface area contributed by atoms with Gasteiger partial charge in [-0.1, -0.05) is 30.3 Å². The number of carbonyl (C=O) groups is 2. The molecule has 4 nitrogen and oxygen atoms in total. The van der Waals surface area contributed by atoms with E-state index in [2.05, 4.69) is 5.32 Å². The van der Waals surface area contributed by atoms with Crippen LogP contribution in [-0.2, 0) is 11.2 Å². The molecule has 0 spiro atoms. The van der Waals surface area contributed by atoms with E-state index < -0.39 is 23.7 Å². The van der Waals surface area contributed by atoms with E-state index in [1.165, 1.54) is 18.2 Å². The lowest BCUT2D eigenvalue weighted by Crippen LogP contribution is -2.42. The fourth-order valence-corrected chi connectivity index (χ4v) is 2.25. The number of hydrogen-bond donors (Lipinski definition) is 2. The zero-order valence-corrected chi connectivity index (χ0v) is 13.0. The predicted octanol–water partition coefficient (Wildman–Crippen LogP) is 2.87. The van der Waals surface area contributed by atoms with Crippen LogP contribution in [0.1, 0.15) is 27.0 Å². The van der Waals surface area contributed by atoms with Crippen molar-refractivity contribution in [1.29, 1.82) is 0 Å². The molecule has 0 saturated carbocycles. The number of aliphatic carboxylic acids is 1. The van der Waals surface area contributed by atoms with E-state index in [9.17, 15) is 19.1 Å². The number of rotatable bonds is 5. The van der Waals surface area contributed by atoms with Gasteiger partial charge in [-0.2, -0.15) is 0 Å². The second-order valence-electron chi connectivity index (χ2n) is 5.47. The molecule has 2 aromatic rings. The van der Waals surface area contributed by atoms with Crippen molar-refractivity contribution in [3.05, 3.63) is 70.5 Å². The van der Waals surface area contributed by atoms with Crippen LogP contribution < -0.4 is 5.32 Å². The summed E-state index contributed by atoms with van der Waals surface area (Å²) < 4.78 is 13.6. The monoisotopic (exact) mass is 315 g/mol. The highest BCUT2D eigenvalue weighted by molar-refractivity contribution is 5.96. The summed E-state index contributed by atoms with van der Waals surface area (Å²) in [6, 6.07) is 9.97. The van der Waals surface area contributed by atoms with Gasteiger partial charge in [0.15, 0.2) is 0 Å². The van der Waals surface area contributed by atoms with Crippen molar-refractivity contribution in [2.24, 2.45) is 0 Å². The summed E-state index contributed by atoms with van der Waals surface area (Å²) in [6.45, 7) is 3.90. The minimum absolute atomic E-state index is 0.136. The first-order valence-corrected chi connectivity index (χ1v) is 7.23. The molecule has 0 fully saturated rings. The number of amides is 1. The number of aryl methyl sites for hydroxylation is 2. The van der Waals surface area contributed by atoms with Gasteiger partial charge in [0.05, 0.1) is 5.56 Å². The van der Waals surface area contributed by atoms with Gasteiger partial charge in [0.1, 0.15) is 11.9 Å². The minimum atomic E-state index is -1.16. The lowest BCUT2D eigenvalue weighted by Gasteiger charge is -2.15. The zero-order valence-electron chi connectivity index (χ0n) is 13.0. The maximum atomic E-state index is 13.6. The standard InChI is InChI=1S/C18H18FNO3/c1-11-7-8-13(9-12(11)2)10-16(18(22)23)20-17(21)14-5-3-4-6-15(14)19/h3-9,16H,10H2,1-2H3,(H,20,21)(H,22,23)/t16-/m0/s1. The Hall–Kier alpha value is -2.69. The van der Waals surface area contributed by atoms with Gasteiger partial charge in [-0.15, -0.1) is 0 Å². The van der Waals surface area contributed by atoms with Gasteiger partial charge in [-0.05, 0) is 42.7 Å². The molecule has 0 bridgehead atoms. The summed E-state index contributed by atoms with van der Waals surface area (Å²) in [5.74, 6) is -2.58. The van der Waals surface area contributed by atoms with Crippen LogP contribution in [0.25, 0.3) is 0 Å². The van der Waals surface area contributed by atoms with Crippen LogP contribution in [0.3, 0.4) is 0 Å².